The molecule has 214 valence electrons. The number of hydrogen-bond acceptors (Lipinski definition) is 8. The number of nitriles is 1. The van der Waals surface area contributed by atoms with Gasteiger partial charge in [0.15, 0.2) is 0 Å². The number of nitrogens with zero attached hydrogens (tertiary/aromatic N) is 6. The van der Waals surface area contributed by atoms with E-state index in [9.17, 15) is 14.9 Å². The molecule has 11 nitrogen and oxygen atoms in total. The molecule has 41 heavy (non-hydrogen) atoms. The van der Waals surface area contributed by atoms with Crippen LogP contribution in [0.4, 0.5) is 16.4 Å². The van der Waals surface area contributed by atoms with E-state index in [0.717, 1.165) is 29.8 Å². The number of hydrogen-bond donors (Lipinski definition) is 2. The summed E-state index contributed by atoms with van der Waals surface area (Å²) in [4.78, 5) is 35.3. The van der Waals surface area contributed by atoms with Crippen molar-refractivity contribution in [3.05, 3.63) is 54.5 Å². The van der Waals surface area contributed by atoms with E-state index in [2.05, 4.69) is 31.8 Å². The van der Waals surface area contributed by atoms with E-state index in [1.54, 1.807) is 36.4 Å². The molecule has 2 fully saturated rings. The fourth-order valence-electron chi connectivity index (χ4n) is 5.56. The fraction of sp³-hybridized carbons (Fsp3) is 0.467. The largest absolute Gasteiger partial charge is 0.450 e. The van der Waals surface area contributed by atoms with E-state index < -0.39 is 0 Å². The van der Waals surface area contributed by atoms with Crippen molar-refractivity contribution in [2.45, 2.75) is 58.0 Å². The quantitative estimate of drug-likeness (QED) is 0.385. The zero-order valence-electron chi connectivity index (χ0n) is 23.3. The molecule has 1 unspecified atom stereocenters. The van der Waals surface area contributed by atoms with Crippen molar-refractivity contribution in [3.8, 4) is 17.3 Å². The Balaban J connectivity index is 1.14. The van der Waals surface area contributed by atoms with Gasteiger partial charge in [-0.05, 0) is 68.9 Å². The molecular weight excluding hydrogens is 520 g/mol. The number of likely N-dealkylation sites (tertiary alicyclic amines) is 1. The van der Waals surface area contributed by atoms with Crippen LogP contribution in [0.3, 0.4) is 0 Å². The van der Waals surface area contributed by atoms with Gasteiger partial charge >= 0.3 is 6.09 Å². The highest BCUT2D eigenvalue weighted by Gasteiger charge is 2.26. The van der Waals surface area contributed by atoms with Crippen molar-refractivity contribution in [2.75, 3.05) is 25.0 Å². The Hall–Kier alpha value is -4.46. The van der Waals surface area contributed by atoms with Crippen molar-refractivity contribution in [3.63, 3.8) is 0 Å². The summed E-state index contributed by atoms with van der Waals surface area (Å²) in [6.07, 6.45) is 11.1. The van der Waals surface area contributed by atoms with Crippen LogP contribution in [0.5, 0.6) is 0 Å². The normalized spacial score (nSPS) is 16.6. The van der Waals surface area contributed by atoms with Gasteiger partial charge in [0.25, 0.3) is 5.91 Å². The molecule has 2 N–H and O–H groups in total. The molecule has 3 heterocycles. The Bertz CT molecular complexity index is 1370. The predicted molar refractivity (Wildman–Crippen MR) is 153 cm³/mol. The van der Waals surface area contributed by atoms with Crippen LogP contribution in [0, 0.1) is 23.2 Å². The van der Waals surface area contributed by atoms with Crippen LogP contribution in [-0.2, 0) is 11.3 Å². The maximum Gasteiger partial charge on any atom is 0.409 e. The minimum absolute atomic E-state index is 0.0139. The molecule has 1 saturated carbocycles. The van der Waals surface area contributed by atoms with Gasteiger partial charge in [-0.25, -0.2) is 14.8 Å². The number of anilines is 2. The number of ether oxygens (including phenoxy) is 1. The zero-order valence-corrected chi connectivity index (χ0v) is 23.3. The summed E-state index contributed by atoms with van der Waals surface area (Å²) >= 11 is 0. The number of piperidine rings is 1. The summed E-state index contributed by atoms with van der Waals surface area (Å²) in [7, 11) is 0. The van der Waals surface area contributed by atoms with Gasteiger partial charge in [-0.1, -0.05) is 12.8 Å². The molecule has 1 aliphatic carbocycles. The molecule has 2 aromatic heterocycles. The first-order chi connectivity index (χ1) is 20.0. The van der Waals surface area contributed by atoms with E-state index in [1.165, 1.54) is 12.8 Å². The lowest BCUT2D eigenvalue weighted by molar-refractivity contribution is 0.0860. The first-order valence-corrected chi connectivity index (χ1v) is 14.4. The molecule has 1 saturated heterocycles. The summed E-state index contributed by atoms with van der Waals surface area (Å²) in [5.41, 5.74) is 2.90. The Morgan fingerprint density at radius 2 is 1.88 bits per heavy atom. The summed E-state index contributed by atoms with van der Waals surface area (Å²) in [6.45, 7) is 3.86. The number of rotatable bonds is 9. The summed E-state index contributed by atoms with van der Waals surface area (Å²) < 4.78 is 6.89. The summed E-state index contributed by atoms with van der Waals surface area (Å²) in [6, 6.07) is 11.5. The molecule has 3 aromatic rings. The van der Waals surface area contributed by atoms with Crippen LogP contribution >= 0.6 is 0 Å². The minimum Gasteiger partial charge on any atom is -0.450 e. The standard InChI is InChI=1S/C30H36N8O3/c1-2-41-30(40)37-15-12-26(13-16-37)34-28(39)22-7-9-25(10-8-22)35-29-32-14-11-27(36-29)24-18-33-38(20-24)19-23(17-31)21-5-3-4-6-21/h7-11,14,18,20-21,23,26H,2-6,12-13,15-16,19H2,1H3,(H,34,39)(H,32,35,36). The molecule has 1 atom stereocenters. The highest BCUT2D eigenvalue weighted by molar-refractivity contribution is 5.94. The van der Waals surface area contributed by atoms with Crippen molar-refractivity contribution in [1.29, 1.82) is 5.26 Å². The third-order valence-electron chi connectivity index (χ3n) is 7.86. The Labute approximate surface area is 239 Å². The lowest BCUT2D eigenvalue weighted by Gasteiger charge is -2.31. The molecule has 1 aliphatic heterocycles. The number of benzene rings is 1. The van der Waals surface area contributed by atoms with E-state index in [-0.39, 0.29) is 24.0 Å². The number of aromatic nitrogens is 4. The highest BCUT2D eigenvalue weighted by Crippen LogP contribution is 2.32. The van der Waals surface area contributed by atoms with Crippen molar-refractivity contribution >= 4 is 23.6 Å². The third-order valence-corrected chi connectivity index (χ3v) is 7.86. The maximum absolute atomic E-state index is 12.8. The second-order valence-corrected chi connectivity index (χ2v) is 10.6. The first kappa shape index (κ1) is 28.1. The number of carbonyl (C=O) groups is 2. The van der Waals surface area contributed by atoms with Crippen LogP contribution < -0.4 is 10.6 Å². The number of amides is 2. The predicted octanol–water partition coefficient (Wildman–Crippen LogP) is 4.76. The van der Waals surface area contributed by atoms with Crippen molar-refractivity contribution < 1.29 is 14.3 Å². The van der Waals surface area contributed by atoms with Crippen molar-refractivity contribution in [1.82, 2.24) is 30.0 Å². The van der Waals surface area contributed by atoms with E-state index in [0.29, 0.717) is 56.5 Å². The molecule has 5 rings (SSSR count). The monoisotopic (exact) mass is 556 g/mol. The van der Waals surface area contributed by atoms with E-state index in [1.807, 2.05) is 29.1 Å². The fourth-order valence-corrected chi connectivity index (χ4v) is 5.56. The minimum atomic E-state index is -0.298. The molecule has 11 heteroatoms. The lowest BCUT2D eigenvalue weighted by atomic mass is 9.92. The number of nitrogens with one attached hydrogen (secondary N) is 2. The van der Waals surface area contributed by atoms with E-state index >= 15 is 0 Å². The lowest BCUT2D eigenvalue weighted by Crippen LogP contribution is -2.46. The van der Waals surface area contributed by atoms with Gasteiger partial charge in [-0.15, -0.1) is 0 Å². The molecule has 0 radical (unpaired) electrons. The average molecular weight is 557 g/mol. The Kier molecular flexibility index (Phi) is 9.08. The summed E-state index contributed by atoms with van der Waals surface area (Å²) in [5, 5.41) is 20.4. The zero-order chi connectivity index (χ0) is 28.6. The smallest absolute Gasteiger partial charge is 0.409 e. The van der Waals surface area contributed by atoms with Gasteiger partial charge in [0, 0.05) is 48.3 Å². The van der Waals surface area contributed by atoms with Gasteiger partial charge in [0.05, 0.1) is 37.0 Å². The van der Waals surface area contributed by atoms with E-state index in [4.69, 9.17) is 4.74 Å². The average Bonchev–Trinajstić information content (AvgIpc) is 3.70. The topological polar surface area (TPSA) is 138 Å². The third kappa shape index (κ3) is 7.20. The first-order valence-electron chi connectivity index (χ1n) is 14.4. The molecule has 1 aromatic carbocycles. The Morgan fingerprint density at radius 3 is 2.59 bits per heavy atom. The van der Waals surface area contributed by atoms with Crippen LogP contribution in [0.15, 0.2) is 48.9 Å². The summed E-state index contributed by atoms with van der Waals surface area (Å²) in [5.74, 6) is 0.716. The second kappa shape index (κ2) is 13.3. The van der Waals surface area contributed by atoms with Crippen LogP contribution in [0.25, 0.3) is 11.3 Å². The van der Waals surface area contributed by atoms with Crippen molar-refractivity contribution in [2.24, 2.45) is 11.8 Å². The van der Waals surface area contributed by atoms with Crippen LogP contribution in [-0.4, -0.2) is 62.4 Å². The van der Waals surface area contributed by atoms with Gasteiger partial charge in [-0.2, -0.15) is 10.4 Å². The molecule has 0 spiro atoms. The van der Waals surface area contributed by atoms with Gasteiger partial charge in [0.2, 0.25) is 5.95 Å². The SMILES string of the molecule is CCOC(=O)N1CCC(NC(=O)c2ccc(Nc3nccc(-c4cnn(CC(C#N)C5CCCC5)c4)n3)cc2)CC1. The maximum atomic E-state index is 12.8. The van der Waals surface area contributed by atoms with Crippen LogP contribution in [0.2, 0.25) is 0 Å². The molecule has 0 bridgehead atoms. The molecular formula is C30H36N8O3. The number of carbonyl (C=O) groups excluding carboxylic acids is 2. The van der Waals surface area contributed by atoms with Crippen LogP contribution in [0.1, 0.15) is 55.8 Å². The molecule has 2 amide bonds. The Morgan fingerprint density at radius 1 is 1.12 bits per heavy atom. The van der Waals surface area contributed by atoms with Gasteiger partial charge in [0.1, 0.15) is 0 Å². The molecule has 2 aliphatic rings. The van der Waals surface area contributed by atoms with Gasteiger partial charge < -0.3 is 20.3 Å². The highest BCUT2D eigenvalue weighted by atomic mass is 16.6. The van der Waals surface area contributed by atoms with Gasteiger partial charge in [-0.3, -0.25) is 9.48 Å². The second-order valence-electron chi connectivity index (χ2n) is 10.6.